The number of rotatable bonds is 12. The van der Waals surface area contributed by atoms with Crippen molar-refractivity contribution in [2.75, 3.05) is 0 Å². The zero-order valence-electron chi connectivity index (χ0n) is 16.9. The molecule has 0 aliphatic rings. The lowest BCUT2D eigenvalue weighted by Gasteiger charge is -2.09. The molecule has 0 saturated heterocycles. The van der Waals surface area contributed by atoms with E-state index in [4.69, 9.17) is 0 Å². The second-order valence-electron chi connectivity index (χ2n) is 7.63. The van der Waals surface area contributed by atoms with Crippen molar-refractivity contribution in [3.63, 3.8) is 0 Å². The van der Waals surface area contributed by atoms with E-state index >= 15 is 0 Å². The molecule has 4 heteroatoms. The van der Waals surface area contributed by atoms with Gasteiger partial charge < -0.3 is 10.2 Å². The molecule has 2 atom stereocenters. The van der Waals surface area contributed by atoms with Crippen LogP contribution in [0.1, 0.15) is 56.6 Å². The minimum absolute atomic E-state index is 0.186. The van der Waals surface area contributed by atoms with Gasteiger partial charge in [-0.1, -0.05) is 19.8 Å². The van der Waals surface area contributed by atoms with Crippen LogP contribution in [0.5, 0.6) is 0 Å². The second kappa shape index (κ2) is 11.8. The normalized spacial score (nSPS) is 13.5. The first kappa shape index (κ1) is 21.5. The van der Waals surface area contributed by atoms with Crippen LogP contribution in [0.3, 0.4) is 0 Å². The Morgan fingerprint density at radius 3 is 1.85 bits per heavy atom. The van der Waals surface area contributed by atoms with Crippen molar-refractivity contribution < 1.29 is 19.3 Å². The van der Waals surface area contributed by atoms with Crippen molar-refractivity contribution in [1.82, 2.24) is 0 Å². The topological polar surface area (TPSA) is 48.2 Å². The Hall–Kier alpha value is -1.78. The van der Waals surface area contributed by atoms with Gasteiger partial charge in [0.25, 0.3) is 0 Å². The molecule has 2 aromatic rings. The zero-order chi connectivity index (χ0) is 19.5. The molecule has 148 valence electrons. The summed E-state index contributed by atoms with van der Waals surface area (Å²) in [5.74, 6) is 0. The molecule has 0 aliphatic carbocycles. The number of unbranched alkanes of at least 4 members (excludes halogenated alkanes) is 1. The predicted molar refractivity (Wildman–Crippen MR) is 107 cm³/mol. The highest BCUT2D eigenvalue weighted by Gasteiger charge is 2.11. The van der Waals surface area contributed by atoms with Crippen molar-refractivity contribution in [3.05, 3.63) is 60.2 Å². The highest BCUT2D eigenvalue weighted by atomic mass is 16.3. The Labute approximate surface area is 164 Å². The molecule has 2 aromatic heterocycles. The van der Waals surface area contributed by atoms with Gasteiger partial charge in [0.2, 0.25) is 0 Å². The van der Waals surface area contributed by atoms with Gasteiger partial charge in [-0.05, 0) is 49.7 Å². The first-order valence-electron chi connectivity index (χ1n) is 10.3. The zero-order valence-corrected chi connectivity index (χ0v) is 16.9. The van der Waals surface area contributed by atoms with Gasteiger partial charge in [-0.2, -0.15) is 0 Å². The summed E-state index contributed by atoms with van der Waals surface area (Å²) in [4.78, 5) is 0. The maximum Gasteiger partial charge on any atom is 0.174 e. The van der Waals surface area contributed by atoms with Gasteiger partial charge in [-0.3, -0.25) is 0 Å². The van der Waals surface area contributed by atoms with E-state index in [1.165, 1.54) is 11.1 Å². The Balaban J connectivity index is 1.65. The smallest absolute Gasteiger partial charge is 0.174 e. The van der Waals surface area contributed by atoms with Gasteiger partial charge in [0.05, 0.1) is 6.10 Å². The second-order valence-corrected chi connectivity index (χ2v) is 7.63. The number of nitrogens with zero attached hydrogens (tertiary/aromatic N) is 2. The predicted octanol–water partition coefficient (Wildman–Crippen LogP) is 2.67. The average molecular weight is 373 g/mol. The lowest BCUT2D eigenvalue weighted by Crippen LogP contribution is -2.39. The lowest BCUT2D eigenvalue weighted by atomic mass is 10.1. The molecule has 0 bridgehead atoms. The summed E-state index contributed by atoms with van der Waals surface area (Å²) in [6.07, 6.45) is 15.5. The maximum atomic E-state index is 10.2. The van der Waals surface area contributed by atoms with E-state index in [1.807, 2.05) is 14.0 Å². The number of hydrogen-bond donors (Lipinski definition) is 2. The largest absolute Gasteiger partial charge is 0.393 e. The van der Waals surface area contributed by atoms with Crippen LogP contribution in [-0.2, 0) is 26.4 Å². The molecule has 0 fully saturated rings. The lowest BCUT2D eigenvalue weighted by molar-refractivity contribution is -0.703. The number of hydrogen-bond acceptors (Lipinski definition) is 2. The average Bonchev–Trinajstić information content (AvgIpc) is 2.68. The molecule has 2 N–H and O–H groups in total. The molecular weight excluding hydrogens is 336 g/mol. The van der Waals surface area contributed by atoms with Crippen LogP contribution in [0.25, 0.3) is 0 Å². The highest BCUT2D eigenvalue weighted by Crippen LogP contribution is 2.09. The number of aromatic nitrogens is 2. The summed E-state index contributed by atoms with van der Waals surface area (Å²) in [6, 6.07) is 8.69. The van der Waals surface area contributed by atoms with Crippen LogP contribution in [0.2, 0.25) is 0 Å². The number of aryl methyl sites for hydroxylation is 3. The highest BCUT2D eigenvalue weighted by molar-refractivity contribution is 5.10. The standard InChI is InChI=1S/C23H36N2O2/c1-3-22(26)9-4-5-10-23(27)19-25-17-13-21(14-18-25)8-6-7-20-11-15-24(2)16-12-20/h11-18,22-23,26-27H,3-10,19H2,1-2H3/q+2. The van der Waals surface area contributed by atoms with Gasteiger partial charge in [0.1, 0.15) is 13.2 Å². The van der Waals surface area contributed by atoms with E-state index in [0.29, 0.717) is 6.54 Å². The molecule has 2 rings (SSSR count). The molecule has 0 amide bonds. The summed E-state index contributed by atoms with van der Waals surface area (Å²) in [6.45, 7) is 2.64. The minimum atomic E-state index is -0.320. The van der Waals surface area contributed by atoms with Crippen molar-refractivity contribution in [1.29, 1.82) is 0 Å². The van der Waals surface area contributed by atoms with Crippen LogP contribution in [0.4, 0.5) is 0 Å². The molecule has 0 radical (unpaired) electrons. The fourth-order valence-electron chi connectivity index (χ4n) is 3.27. The third-order valence-corrected chi connectivity index (χ3v) is 5.16. The molecule has 0 aliphatic heterocycles. The Bertz CT molecular complexity index is 640. The monoisotopic (exact) mass is 372 g/mol. The van der Waals surface area contributed by atoms with E-state index in [2.05, 4.69) is 58.2 Å². The molecule has 2 heterocycles. The first-order valence-corrected chi connectivity index (χ1v) is 10.3. The van der Waals surface area contributed by atoms with Crippen molar-refractivity contribution >= 4 is 0 Å². The summed E-state index contributed by atoms with van der Waals surface area (Å²) in [5, 5.41) is 19.8. The van der Waals surface area contributed by atoms with Crippen LogP contribution < -0.4 is 9.13 Å². The third kappa shape index (κ3) is 8.63. The summed E-state index contributed by atoms with van der Waals surface area (Å²) < 4.78 is 4.12. The quantitative estimate of drug-likeness (QED) is 0.444. The van der Waals surface area contributed by atoms with Gasteiger partial charge in [-0.15, -0.1) is 0 Å². The fourth-order valence-corrected chi connectivity index (χ4v) is 3.27. The first-order chi connectivity index (χ1) is 13.1. The van der Waals surface area contributed by atoms with Gasteiger partial charge in [0.15, 0.2) is 31.3 Å². The van der Waals surface area contributed by atoms with Crippen LogP contribution >= 0.6 is 0 Å². The molecule has 0 aromatic carbocycles. The third-order valence-electron chi connectivity index (χ3n) is 5.16. The number of aliphatic hydroxyl groups is 2. The van der Waals surface area contributed by atoms with Crippen LogP contribution in [0.15, 0.2) is 49.1 Å². The van der Waals surface area contributed by atoms with Crippen molar-refractivity contribution in [2.24, 2.45) is 7.05 Å². The van der Waals surface area contributed by atoms with Gasteiger partial charge >= 0.3 is 0 Å². The van der Waals surface area contributed by atoms with Gasteiger partial charge in [-0.25, -0.2) is 9.13 Å². The molecule has 27 heavy (non-hydrogen) atoms. The minimum Gasteiger partial charge on any atom is -0.393 e. The van der Waals surface area contributed by atoms with Gasteiger partial charge in [0, 0.05) is 24.3 Å². The van der Waals surface area contributed by atoms with E-state index in [-0.39, 0.29) is 12.2 Å². The van der Waals surface area contributed by atoms with Crippen LogP contribution in [-0.4, -0.2) is 22.4 Å². The Morgan fingerprint density at radius 1 is 0.778 bits per heavy atom. The Kier molecular flexibility index (Phi) is 9.43. The molecule has 0 saturated carbocycles. The van der Waals surface area contributed by atoms with E-state index < -0.39 is 0 Å². The SMILES string of the molecule is CCC(O)CCCCC(O)C[n+]1ccc(CCCc2cc[n+](C)cc2)cc1. The van der Waals surface area contributed by atoms with Crippen LogP contribution in [0, 0.1) is 0 Å². The fraction of sp³-hybridized carbons (Fsp3) is 0.565. The molecule has 4 nitrogen and oxygen atoms in total. The Morgan fingerprint density at radius 2 is 1.30 bits per heavy atom. The van der Waals surface area contributed by atoms with E-state index in [1.54, 1.807) is 0 Å². The van der Waals surface area contributed by atoms with E-state index in [9.17, 15) is 10.2 Å². The number of aliphatic hydroxyl groups excluding tert-OH is 2. The van der Waals surface area contributed by atoms with E-state index in [0.717, 1.165) is 51.4 Å². The summed E-state index contributed by atoms with van der Waals surface area (Å²) in [5.41, 5.74) is 2.73. The maximum absolute atomic E-state index is 10.2. The molecular formula is C23H36N2O2+2. The summed E-state index contributed by atoms with van der Waals surface area (Å²) in [7, 11) is 2.04. The molecule has 2 unspecified atom stereocenters. The molecule has 0 spiro atoms. The summed E-state index contributed by atoms with van der Waals surface area (Å²) >= 11 is 0. The van der Waals surface area contributed by atoms with Crippen molar-refractivity contribution in [3.8, 4) is 0 Å². The number of pyridine rings is 2. The van der Waals surface area contributed by atoms with Crippen molar-refractivity contribution in [2.45, 2.75) is 77.0 Å².